The lowest BCUT2D eigenvalue weighted by molar-refractivity contribution is 0.101. The van der Waals surface area contributed by atoms with Gasteiger partial charge in [-0.1, -0.05) is 43.8 Å². The van der Waals surface area contributed by atoms with Gasteiger partial charge in [0.05, 0.1) is 0 Å². The predicted molar refractivity (Wildman–Crippen MR) is 76.4 cm³/mol. The van der Waals surface area contributed by atoms with Crippen molar-refractivity contribution in [2.45, 2.75) is 19.4 Å². The highest BCUT2D eigenvalue weighted by Gasteiger charge is 2.36. The molecular formula is C14H22O3Si. The summed E-state index contributed by atoms with van der Waals surface area (Å²) in [4.78, 5) is 0. The van der Waals surface area contributed by atoms with Crippen LogP contribution in [0.15, 0.2) is 30.8 Å². The van der Waals surface area contributed by atoms with Crippen LogP contribution in [0.2, 0.25) is 6.04 Å². The third-order valence-corrected chi connectivity index (χ3v) is 5.71. The average molecular weight is 266 g/mol. The third kappa shape index (κ3) is 4.06. The molecule has 18 heavy (non-hydrogen) atoms. The quantitative estimate of drug-likeness (QED) is 0.677. The molecule has 100 valence electrons. The summed E-state index contributed by atoms with van der Waals surface area (Å²) in [6.45, 7) is 6.41. The maximum absolute atomic E-state index is 5.82. The van der Waals surface area contributed by atoms with Crippen molar-refractivity contribution in [1.29, 1.82) is 0 Å². The molecule has 0 aliphatic heterocycles. The molecule has 0 aromatic heterocycles. The summed E-state index contributed by atoms with van der Waals surface area (Å²) in [5.74, 6) is 0. The van der Waals surface area contributed by atoms with Crippen molar-refractivity contribution in [3.05, 3.63) is 42.0 Å². The van der Waals surface area contributed by atoms with E-state index < -0.39 is 8.80 Å². The van der Waals surface area contributed by atoms with Crippen LogP contribution in [0.3, 0.4) is 0 Å². The molecule has 0 bridgehead atoms. The molecule has 1 rings (SSSR count). The van der Waals surface area contributed by atoms with Gasteiger partial charge in [0.2, 0.25) is 0 Å². The number of benzene rings is 1. The molecule has 0 saturated heterocycles. The van der Waals surface area contributed by atoms with Crippen LogP contribution < -0.4 is 0 Å². The Balaban J connectivity index is 2.52. The van der Waals surface area contributed by atoms with Gasteiger partial charge in [-0.3, -0.25) is 0 Å². The van der Waals surface area contributed by atoms with Crippen LogP contribution >= 0.6 is 0 Å². The average Bonchev–Trinajstić information content (AvgIpc) is 2.44. The third-order valence-electron chi connectivity index (χ3n) is 2.95. The molecule has 1 aromatic rings. The molecule has 3 nitrogen and oxygen atoms in total. The van der Waals surface area contributed by atoms with Gasteiger partial charge in [0.15, 0.2) is 0 Å². The number of rotatable bonds is 8. The summed E-state index contributed by atoms with van der Waals surface area (Å²) in [7, 11) is 0.887. The van der Waals surface area contributed by atoms with Crippen LogP contribution in [0.5, 0.6) is 0 Å². The normalized spacial score (nSPS) is 11.5. The van der Waals surface area contributed by atoms with Crippen LogP contribution in [-0.4, -0.2) is 29.6 Å². The highest BCUT2D eigenvalue weighted by Crippen LogP contribution is 2.14. The molecule has 0 unspecified atom stereocenters. The number of hydrogen-bond acceptors (Lipinski definition) is 3. The largest absolute Gasteiger partial charge is 0.500 e. The Morgan fingerprint density at radius 1 is 1.28 bits per heavy atom. The van der Waals surface area contributed by atoms with Crippen LogP contribution in [0.1, 0.15) is 18.1 Å². The lowest BCUT2D eigenvalue weighted by atomic mass is 10.1. The van der Waals surface area contributed by atoms with E-state index in [1.165, 1.54) is 5.56 Å². The Hall–Kier alpha value is -0.943. The van der Waals surface area contributed by atoms with Gasteiger partial charge in [0.1, 0.15) is 0 Å². The Bertz CT molecular complexity index is 367. The molecule has 0 aliphatic carbocycles. The first-order valence-corrected chi connectivity index (χ1v) is 8.08. The summed E-state index contributed by atoms with van der Waals surface area (Å²) >= 11 is 0. The van der Waals surface area contributed by atoms with Gasteiger partial charge in [0.25, 0.3) is 0 Å². The van der Waals surface area contributed by atoms with Crippen molar-refractivity contribution < 1.29 is 13.3 Å². The van der Waals surface area contributed by atoms with Crippen LogP contribution in [-0.2, 0) is 19.7 Å². The molecule has 0 saturated carbocycles. The molecule has 4 heteroatoms. The van der Waals surface area contributed by atoms with Crippen LogP contribution in [0.25, 0.3) is 6.08 Å². The van der Waals surface area contributed by atoms with Crippen molar-refractivity contribution in [3.63, 3.8) is 0 Å². The zero-order valence-electron chi connectivity index (χ0n) is 11.4. The van der Waals surface area contributed by atoms with Crippen LogP contribution in [0.4, 0.5) is 0 Å². The lowest BCUT2D eigenvalue weighted by Crippen LogP contribution is -2.43. The van der Waals surface area contributed by atoms with Gasteiger partial charge >= 0.3 is 8.80 Å². The highest BCUT2D eigenvalue weighted by molar-refractivity contribution is 6.60. The minimum absolute atomic E-state index is 0.613. The van der Waals surface area contributed by atoms with Gasteiger partial charge in [-0.2, -0.15) is 0 Å². The van der Waals surface area contributed by atoms with E-state index in [2.05, 4.69) is 18.7 Å². The van der Waals surface area contributed by atoms with Gasteiger partial charge in [-0.25, -0.2) is 0 Å². The molecule has 0 heterocycles. The van der Waals surface area contributed by atoms with Gasteiger partial charge < -0.3 is 13.3 Å². The zero-order chi connectivity index (χ0) is 13.4. The molecule has 0 fully saturated rings. The molecule has 0 aliphatic rings. The standard InChI is InChI=1S/C14H22O3Si/c1-5-13-8-7-9-14(12-13)10-11-17-18(6-2,15-3)16-4/h5,7-9,12H,1,6,10-11H2,2-4H3. The first kappa shape index (κ1) is 15.1. The van der Waals surface area contributed by atoms with E-state index in [0.717, 1.165) is 18.0 Å². The second-order valence-corrected chi connectivity index (χ2v) is 7.17. The SMILES string of the molecule is C=Cc1cccc(CCO[Si](CC)(OC)OC)c1. The minimum Gasteiger partial charge on any atom is -0.377 e. The van der Waals surface area contributed by atoms with E-state index in [-0.39, 0.29) is 0 Å². The first-order chi connectivity index (χ1) is 8.69. The van der Waals surface area contributed by atoms with E-state index in [4.69, 9.17) is 13.3 Å². The molecule has 0 atom stereocenters. The topological polar surface area (TPSA) is 27.7 Å². The molecule has 1 aromatic carbocycles. The molecule has 0 radical (unpaired) electrons. The Labute approximate surface area is 111 Å². The highest BCUT2D eigenvalue weighted by atomic mass is 28.4. The minimum atomic E-state index is -2.41. The first-order valence-electron chi connectivity index (χ1n) is 6.15. The Kier molecular flexibility index (Phi) is 6.28. The second-order valence-electron chi connectivity index (χ2n) is 3.99. The molecule has 0 N–H and O–H groups in total. The molecule has 0 spiro atoms. The fraction of sp³-hybridized carbons (Fsp3) is 0.429. The van der Waals surface area contributed by atoms with E-state index in [9.17, 15) is 0 Å². The Morgan fingerprint density at radius 3 is 2.56 bits per heavy atom. The van der Waals surface area contributed by atoms with E-state index >= 15 is 0 Å². The monoisotopic (exact) mass is 266 g/mol. The lowest BCUT2D eigenvalue weighted by Gasteiger charge is -2.24. The van der Waals surface area contributed by atoms with Crippen molar-refractivity contribution in [2.75, 3.05) is 20.8 Å². The maximum Gasteiger partial charge on any atom is 0.500 e. The van der Waals surface area contributed by atoms with Crippen molar-refractivity contribution in [3.8, 4) is 0 Å². The van der Waals surface area contributed by atoms with E-state index in [1.54, 1.807) is 14.2 Å². The summed E-state index contributed by atoms with van der Waals surface area (Å²) in [6.07, 6.45) is 2.70. The fourth-order valence-corrected chi connectivity index (χ4v) is 3.39. The summed E-state index contributed by atoms with van der Waals surface area (Å²) < 4.78 is 16.6. The predicted octanol–water partition coefficient (Wildman–Crippen LogP) is 3.14. The second kappa shape index (κ2) is 7.48. The fourth-order valence-electron chi connectivity index (χ4n) is 1.79. The van der Waals surface area contributed by atoms with Gasteiger partial charge in [0, 0.05) is 26.9 Å². The molecule has 0 amide bonds. The zero-order valence-corrected chi connectivity index (χ0v) is 12.4. The van der Waals surface area contributed by atoms with Crippen LogP contribution in [0, 0.1) is 0 Å². The van der Waals surface area contributed by atoms with Gasteiger partial charge in [-0.15, -0.1) is 0 Å². The van der Waals surface area contributed by atoms with Gasteiger partial charge in [-0.05, 0) is 17.5 Å². The molecular weight excluding hydrogens is 244 g/mol. The van der Waals surface area contributed by atoms with E-state index in [1.807, 2.05) is 25.1 Å². The Morgan fingerprint density at radius 2 is 2.00 bits per heavy atom. The van der Waals surface area contributed by atoms with E-state index in [0.29, 0.717) is 6.61 Å². The summed E-state index contributed by atoms with van der Waals surface area (Å²) in [5.41, 5.74) is 2.36. The summed E-state index contributed by atoms with van der Waals surface area (Å²) in [5, 5.41) is 0. The smallest absolute Gasteiger partial charge is 0.377 e. The van der Waals surface area contributed by atoms with Crippen molar-refractivity contribution in [1.82, 2.24) is 0 Å². The van der Waals surface area contributed by atoms with Crippen molar-refractivity contribution >= 4 is 14.9 Å². The maximum atomic E-state index is 5.82. The van der Waals surface area contributed by atoms with Crippen molar-refractivity contribution in [2.24, 2.45) is 0 Å². The summed E-state index contributed by atoms with van der Waals surface area (Å²) in [6, 6.07) is 9.05. The number of hydrogen-bond donors (Lipinski definition) is 0.